The zero-order valence-electron chi connectivity index (χ0n) is 8.68. The first-order valence-corrected chi connectivity index (χ1v) is 5.38. The molecule has 0 amide bonds. The summed E-state index contributed by atoms with van der Waals surface area (Å²) >= 11 is 0. The molecule has 0 bridgehead atoms. The topological polar surface area (TPSA) is 0 Å². The smallest absolute Gasteiger partial charge is 0.00918 e. The summed E-state index contributed by atoms with van der Waals surface area (Å²) in [5, 5.41) is 0. The molecule has 0 aliphatic heterocycles. The maximum absolute atomic E-state index is 4.13. The molecule has 0 radical (unpaired) electrons. The van der Waals surface area contributed by atoms with E-state index in [-0.39, 0.29) is 0 Å². The monoisotopic (exact) mass is 176 g/mol. The van der Waals surface area contributed by atoms with E-state index in [4.69, 9.17) is 0 Å². The molecule has 0 aromatic carbocycles. The fraction of sp³-hybridized carbons (Fsp3) is 0.538. The van der Waals surface area contributed by atoms with E-state index in [9.17, 15) is 0 Å². The lowest BCUT2D eigenvalue weighted by atomic mass is 10.0. The number of unbranched alkanes of at least 4 members (excludes halogenated alkanes) is 3. The maximum atomic E-state index is 4.13. The Morgan fingerprint density at radius 1 is 1.38 bits per heavy atom. The third-order valence-electron chi connectivity index (χ3n) is 2.56. The van der Waals surface area contributed by atoms with Gasteiger partial charge >= 0.3 is 0 Å². The van der Waals surface area contributed by atoms with Gasteiger partial charge in [0.1, 0.15) is 0 Å². The molecule has 0 saturated carbocycles. The summed E-state index contributed by atoms with van der Waals surface area (Å²) in [7, 11) is 0. The lowest BCUT2D eigenvalue weighted by Gasteiger charge is -2.05. The van der Waals surface area contributed by atoms with Crippen LogP contribution in [0.15, 0.2) is 36.0 Å². The van der Waals surface area contributed by atoms with Gasteiger partial charge < -0.3 is 0 Å². The van der Waals surface area contributed by atoms with E-state index in [1.54, 1.807) is 0 Å². The minimum absolute atomic E-state index is 1.10. The molecule has 0 nitrogen and oxygen atoms in total. The molecule has 1 rings (SSSR count). The number of hydrogen-bond acceptors (Lipinski definition) is 0. The first kappa shape index (κ1) is 10.3. The maximum Gasteiger partial charge on any atom is -0.00918 e. The second-order valence-corrected chi connectivity index (χ2v) is 3.74. The number of rotatable bonds is 6. The van der Waals surface area contributed by atoms with Crippen LogP contribution >= 0.6 is 0 Å². The Morgan fingerprint density at radius 3 is 2.85 bits per heavy atom. The van der Waals surface area contributed by atoms with Crippen molar-refractivity contribution in [3.8, 4) is 0 Å². The molecule has 0 fully saturated rings. The Bertz CT molecular complexity index is 218. The molecular weight excluding hydrogens is 156 g/mol. The highest BCUT2D eigenvalue weighted by Gasteiger charge is 2.03. The van der Waals surface area contributed by atoms with Crippen molar-refractivity contribution in [2.24, 2.45) is 0 Å². The standard InChI is InChI=1S/C13H20/c1-3-4-5-6-9-12(2)13-10-7-8-11-13/h7-8,10H,2-6,9,11H2,1H3. The molecule has 1 aliphatic carbocycles. The van der Waals surface area contributed by atoms with Gasteiger partial charge in [0, 0.05) is 0 Å². The van der Waals surface area contributed by atoms with Gasteiger partial charge in [-0.25, -0.2) is 0 Å². The van der Waals surface area contributed by atoms with Crippen LogP contribution in [0.25, 0.3) is 0 Å². The van der Waals surface area contributed by atoms with Crippen molar-refractivity contribution >= 4 is 0 Å². The van der Waals surface area contributed by atoms with Gasteiger partial charge in [0.2, 0.25) is 0 Å². The molecule has 0 unspecified atom stereocenters. The van der Waals surface area contributed by atoms with E-state index in [0.717, 1.165) is 6.42 Å². The van der Waals surface area contributed by atoms with Crippen molar-refractivity contribution in [1.82, 2.24) is 0 Å². The molecule has 72 valence electrons. The molecule has 0 heteroatoms. The van der Waals surface area contributed by atoms with Crippen LogP contribution in [-0.2, 0) is 0 Å². The summed E-state index contributed by atoms with van der Waals surface area (Å²) in [6.45, 7) is 6.37. The Hall–Kier alpha value is -0.780. The average Bonchev–Trinajstić information content (AvgIpc) is 2.65. The van der Waals surface area contributed by atoms with Crippen molar-refractivity contribution in [3.05, 3.63) is 36.0 Å². The predicted molar refractivity (Wildman–Crippen MR) is 59.7 cm³/mol. The Kier molecular flexibility index (Phi) is 4.59. The van der Waals surface area contributed by atoms with Crippen LogP contribution in [0, 0.1) is 0 Å². The Labute approximate surface area is 82.0 Å². The lowest BCUT2D eigenvalue weighted by molar-refractivity contribution is 0.666. The zero-order valence-corrected chi connectivity index (χ0v) is 8.68. The molecule has 0 heterocycles. The van der Waals surface area contributed by atoms with Crippen LogP contribution in [0.1, 0.15) is 45.4 Å². The van der Waals surface area contributed by atoms with Crippen molar-refractivity contribution in [3.63, 3.8) is 0 Å². The summed E-state index contributed by atoms with van der Waals surface area (Å²) < 4.78 is 0. The van der Waals surface area contributed by atoms with Crippen molar-refractivity contribution in [2.75, 3.05) is 0 Å². The molecule has 0 N–H and O–H groups in total. The van der Waals surface area contributed by atoms with Gasteiger partial charge in [0.25, 0.3) is 0 Å². The summed E-state index contributed by atoms with van der Waals surface area (Å²) in [5.74, 6) is 0. The molecule has 13 heavy (non-hydrogen) atoms. The van der Waals surface area contributed by atoms with Gasteiger partial charge in [-0.2, -0.15) is 0 Å². The second-order valence-electron chi connectivity index (χ2n) is 3.74. The van der Waals surface area contributed by atoms with Crippen molar-refractivity contribution in [2.45, 2.75) is 45.4 Å². The van der Waals surface area contributed by atoms with Crippen LogP contribution < -0.4 is 0 Å². The SMILES string of the molecule is C=C(CCCCCC)C1=CC=CC1. The lowest BCUT2D eigenvalue weighted by Crippen LogP contribution is -1.86. The van der Waals surface area contributed by atoms with Crippen molar-refractivity contribution in [1.29, 1.82) is 0 Å². The summed E-state index contributed by atoms with van der Waals surface area (Å²) in [6, 6.07) is 0. The highest BCUT2D eigenvalue weighted by atomic mass is 14.1. The van der Waals surface area contributed by atoms with Gasteiger partial charge in [-0.15, -0.1) is 0 Å². The van der Waals surface area contributed by atoms with E-state index >= 15 is 0 Å². The second kappa shape index (κ2) is 5.80. The summed E-state index contributed by atoms with van der Waals surface area (Å²) in [5.41, 5.74) is 2.79. The van der Waals surface area contributed by atoms with Crippen molar-refractivity contribution < 1.29 is 0 Å². The number of hydrogen-bond donors (Lipinski definition) is 0. The normalized spacial score (nSPS) is 14.7. The Morgan fingerprint density at radius 2 is 2.23 bits per heavy atom. The average molecular weight is 176 g/mol. The molecular formula is C13H20. The third-order valence-corrected chi connectivity index (χ3v) is 2.56. The van der Waals surface area contributed by atoms with E-state index in [2.05, 4.69) is 31.7 Å². The highest BCUT2D eigenvalue weighted by molar-refractivity contribution is 5.37. The van der Waals surface area contributed by atoms with Crippen LogP contribution in [0.2, 0.25) is 0 Å². The predicted octanol–water partition coefficient (Wildman–Crippen LogP) is 4.40. The van der Waals surface area contributed by atoms with Crippen LogP contribution in [0.5, 0.6) is 0 Å². The van der Waals surface area contributed by atoms with Crippen LogP contribution in [0.3, 0.4) is 0 Å². The molecule has 0 saturated heterocycles. The molecule has 1 aliphatic rings. The molecule has 0 aromatic rings. The number of allylic oxidation sites excluding steroid dienone is 5. The van der Waals surface area contributed by atoms with E-state index < -0.39 is 0 Å². The van der Waals surface area contributed by atoms with Gasteiger partial charge in [-0.1, -0.05) is 56.6 Å². The van der Waals surface area contributed by atoms with Gasteiger partial charge in [-0.05, 0) is 24.8 Å². The quantitative estimate of drug-likeness (QED) is 0.526. The molecule has 0 spiro atoms. The van der Waals surface area contributed by atoms with Gasteiger partial charge in [-0.3, -0.25) is 0 Å². The van der Waals surface area contributed by atoms with E-state index in [1.807, 2.05) is 0 Å². The fourth-order valence-electron chi connectivity index (χ4n) is 1.64. The summed E-state index contributed by atoms with van der Waals surface area (Å²) in [6.07, 6.45) is 14.2. The zero-order chi connectivity index (χ0) is 9.52. The Balaban J connectivity index is 2.11. The molecule has 0 aromatic heterocycles. The molecule has 0 atom stereocenters. The highest BCUT2D eigenvalue weighted by Crippen LogP contribution is 2.22. The van der Waals surface area contributed by atoms with Crippen LogP contribution in [0.4, 0.5) is 0 Å². The first-order valence-electron chi connectivity index (χ1n) is 5.38. The van der Waals surface area contributed by atoms with E-state index in [1.165, 1.54) is 43.3 Å². The van der Waals surface area contributed by atoms with E-state index in [0.29, 0.717) is 0 Å². The fourth-order valence-corrected chi connectivity index (χ4v) is 1.64. The largest absolute Gasteiger partial charge is 0.0955 e. The van der Waals surface area contributed by atoms with Gasteiger partial charge in [0.15, 0.2) is 0 Å². The van der Waals surface area contributed by atoms with Gasteiger partial charge in [0.05, 0.1) is 0 Å². The summed E-state index contributed by atoms with van der Waals surface area (Å²) in [4.78, 5) is 0. The van der Waals surface area contributed by atoms with Crippen LogP contribution in [-0.4, -0.2) is 0 Å². The minimum atomic E-state index is 1.10. The third kappa shape index (κ3) is 3.63. The first-order chi connectivity index (χ1) is 6.34. The minimum Gasteiger partial charge on any atom is -0.0955 e.